The lowest BCUT2D eigenvalue weighted by Crippen LogP contribution is -2.52. The second kappa shape index (κ2) is 5.31. The highest BCUT2D eigenvalue weighted by molar-refractivity contribution is 5.61. The summed E-state index contributed by atoms with van der Waals surface area (Å²) in [6, 6.07) is 10.3. The maximum Gasteiger partial charge on any atom is 0.254 e. The van der Waals surface area contributed by atoms with Gasteiger partial charge in [0.1, 0.15) is 23.5 Å². The van der Waals surface area contributed by atoms with Crippen LogP contribution in [0.15, 0.2) is 42.7 Å². The predicted octanol–water partition coefficient (Wildman–Crippen LogP) is 2.88. The molecule has 6 nitrogen and oxygen atoms in total. The summed E-state index contributed by atoms with van der Waals surface area (Å²) >= 11 is 0. The number of nitrogens with zero attached hydrogens (tertiary/aromatic N) is 5. The lowest BCUT2D eigenvalue weighted by atomic mass is 9.89. The number of hydrogen-bond acceptors (Lipinski definition) is 5. The van der Waals surface area contributed by atoms with Gasteiger partial charge in [-0.15, -0.1) is 0 Å². The number of piperidine rings is 1. The third-order valence-corrected chi connectivity index (χ3v) is 4.97. The van der Waals surface area contributed by atoms with Gasteiger partial charge in [0.2, 0.25) is 0 Å². The van der Waals surface area contributed by atoms with E-state index >= 15 is 0 Å². The predicted molar refractivity (Wildman–Crippen MR) is 95.8 cm³/mol. The second-order valence-electron chi connectivity index (χ2n) is 6.79. The molecule has 2 aliphatic heterocycles. The molecular weight excluding hydrogens is 314 g/mol. The highest BCUT2D eigenvalue weighted by atomic mass is 16.5. The van der Waals surface area contributed by atoms with E-state index in [1.54, 1.807) is 6.33 Å². The molecule has 1 spiro atoms. The molecular formula is C19H19N5O. The van der Waals surface area contributed by atoms with E-state index in [4.69, 9.17) is 4.74 Å². The third-order valence-electron chi connectivity index (χ3n) is 4.97. The number of hydrogen-bond donors (Lipinski definition) is 0. The van der Waals surface area contributed by atoms with Gasteiger partial charge < -0.3 is 9.64 Å². The van der Waals surface area contributed by atoms with E-state index in [1.165, 1.54) is 0 Å². The minimum atomic E-state index is -0.295. The van der Waals surface area contributed by atoms with Gasteiger partial charge >= 0.3 is 0 Å². The standard InChI is InChI=1S/C19H19N5O/c1-14-11-17(24-18(22-14)20-13-21-24)23-10-4-8-19(12-23)9-7-15-5-2-3-6-16(15)25-19/h2-3,5-7,9,11,13H,4,8,10,12H2,1H3/t19-/m1/s1. The molecule has 0 radical (unpaired) electrons. The van der Waals surface area contributed by atoms with Crippen LogP contribution < -0.4 is 9.64 Å². The van der Waals surface area contributed by atoms with E-state index < -0.39 is 0 Å². The van der Waals surface area contributed by atoms with Crippen LogP contribution in [0, 0.1) is 6.92 Å². The minimum Gasteiger partial charge on any atom is -0.481 e. The van der Waals surface area contributed by atoms with Gasteiger partial charge in [0.25, 0.3) is 5.78 Å². The molecule has 0 unspecified atom stereocenters. The van der Waals surface area contributed by atoms with Crippen molar-refractivity contribution in [1.29, 1.82) is 0 Å². The highest BCUT2D eigenvalue weighted by Crippen LogP contribution is 2.37. The molecule has 1 saturated heterocycles. The number of para-hydroxylation sites is 1. The zero-order valence-corrected chi connectivity index (χ0v) is 14.1. The normalized spacial score (nSPS) is 22.2. The molecule has 126 valence electrons. The molecule has 25 heavy (non-hydrogen) atoms. The summed E-state index contributed by atoms with van der Waals surface area (Å²) in [6.45, 7) is 3.75. The van der Waals surface area contributed by atoms with Gasteiger partial charge in [0, 0.05) is 23.9 Å². The summed E-state index contributed by atoms with van der Waals surface area (Å²) in [5, 5.41) is 4.35. The lowest BCUT2D eigenvalue weighted by Gasteiger charge is -2.43. The number of benzene rings is 1. The Morgan fingerprint density at radius 1 is 1.24 bits per heavy atom. The molecule has 2 aromatic heterocycles. The Morgan fingerprint density at radius 3 is 3.12 bits per heavy atom. The third kappa shape index (κ3) is 2.36. The fraction of sp³-hybridized carbons (Fsp3) is 0.316. The van der Waals surface area contributed by atoms with Crippen molar-refractivity contribution in [2.45, 2.75) is 25.4 Å². The molecule has 3 aromatic rings. The Morgan fingerprint density at radius 2 is 2.16 bits per heavy atom. The first-order valence-corrected chi connectivity index (χ1v) is 8.62. The van der Waals surface area contributed by atoms with Crippen molar-refractivity contribution in [2.24, 2.45) is 0 Å². The van der Waals surface area contributed by atoms with Gasteiger partial charge in [-0.25, -0.2) is 4.98 Å². The van der Waals surface area contributed by atoms with Crippen LogP contribution in [0.5, 0.6) is 5.75 Å². The average molecular weight is 333 g/mol. The highest BCUT2D eigenvalue weighted by Gasteiger charge is 2.38. The van der Waals surface area contributed by atoms with Crippen LogP contribution in [0.25, 0.3) is 11.9 Å². The Hall–Kier alpha value is -2.89. The quantitative estimate of drug-likeness (QED) is 0.685. The van der Waals surface area contributed by atoms with Crippen LogP contribution in [-0.2, 0) is 0 Å². The summed E-state index contributed by atoms with van der Waals surface area (Å²) in [5.74, 6) is 2.62. The summed E-state index contributed by atoms with van der Waals surface area (Å²) in [7, 11) is 0. The Balaban J connectivity index is 1.52. The fourth-order valence-electron chi connectivity index (χ4n) is 3.81. The molecule has 0 saturated carbocycles. The van der Waals surface area contributed by atoms with E-state index in [0.717, 1.165) is 48.8 Å². The lowest BCUT2D eigenvalue weighted by molar-refractivity contribution is 0.0983. The Bertz CT molecular complexity index is 979. The monoisotopic (exact) mass is 333 g/mol. The zero-order chi connectivity index (χ0) is 16.9. The number of rotatable bonds is 1. The smallest absolute Gasteiger partial charge is 0.254 e. The maximum atomic E-state index is 6.45. The fourth-order valence-corrected chi connectivity index (χ4v) is 3.81. The zero-order valence-electron chi connectivity index (χ0n) is 14.1. The largest absolute Gasteiger partial charge is 0.481 e. The Kier molecular flexibility index (Phi) is 3.07. The summed E-state index contributed by atoms with van der Waals surface area (Å²) in [6.07, 6.45) is 8.03. The molecule has 5 rings (SSSR count). The van der Waals surface area contributed by atoms with Crippen molar-refractivity contribution in [3.63, 3.8) is 0 Å². The van der Waals surface area contributed by atoms with E-state index in [1.807, 2.05) is 29.6 Å². The molecule has 1 fully saturated rings. The van der Waals surface area contributed by atoms with E-state index in [9.17, 15) is 0 Å². The van der Waals surface area contributed by atoms with Gasteiger partial charge in [0.05, 0.1) is 6.54 Å². The Labute approximate surface area is 145 Å². The van der Waals surface area contributed by atoms with Gasteiger partial charge in [0.15, 0.2) is 0 Å². The number of aryl methyl sites for hydroxylation is 1. The summed E-state index contributed by atoms with van der Waals surface area (Å²) in [5.41, 5.74) is 1.79. The average Bonchev–Trinajstić information content (AvgIpc) is 3.09. The van der Waals surface area contributed by atoms with Crippen LogP contribution in [0.1, 0.15) is 24.1 Å². The van der Waals surface area contributed by atoms with Crippen molar-refractivity contribution < 1.29 is 4.74 Å². The molecule has 0 amide bonds. The van der Waals surface area contributed by atoms with E-state index in [-0.39, 0.29) is 5.60 Å². The first-order chi connectivity index (χ1) is 12.2. The minimum absolute atomic E-state index is 0.295. The first-order valence-electron chi connectivity index (χ1n) is 8.62. The molecule has 4 heterocycles. The van der Waals surface area contributed by atoms with E-state index in [0.29, 0.717) is 5.78 Å². The summed E-state index contributed by atoms with van der Waals surface area (Å²) in [4.78, 5) is 11.0. The van der Waals surface area contributed by atoms with Crippen molar-refractivity contribution in [1.82, 2.24) is 19.6 Å². The number of ether oxygens (including phenoxy) is 1. The maximum absolute atomic E-state index is 6.45. The van der Waals surface area contributed by atoms with Crippen molar-refractivity contribution in [3.05, 3.63) is 54.0 Å². The van der Waals surface area contributed by atoms with Crippen LogP contribution in [0.2, 0.25) is 0 Å². The van der Waals surface area contributed by atoms with Gasteiger partial charge in [-0.3, -0.25) is 0 Å². The summed E-state index contributed by atoms with van der Waals surface area (Å²) < 4.78 is 8.26. The van der Waals surface area contributed by atoms with Crippen molar-refractivity contribution in [2.75, 3.05) is 18.0 Å². The van der Waals surface area contributed by atoms with Gasteiger partial charge in [-0.1, -0.05) is 24.3 Å². The number of fused-ring (bicyclic) bond motifs is 2. The molecule has 0 N–H and O–H groups in total. The van der Waals surface area contributed by atoms with Crippen LogP contribution in [-0.4, -0.2) is 38.3 Å². The molecule has 0 bridgehead atoms. The van der Waals surface area contributed by atoms with E-state index in [2.05, 4.69) is 44.3 Å². The van der Waals surface area contributed by atoms with Gasteiger partial charge in [-0.05, 0) is 31.9 Å². The SMILES string of the molecule is Cc1cc(N2CCC[C@@]3(C=Cc4ccccc4O3)C2)n2ncnc2n1. The van der Waals surface area contributed by atoms with Crippen LogP contribution >= 0.6 is 0 Å². The second-order valence-corrected chi connectivity index (χ2v) is 6.79. The molecule has 6 heteroatoms. The van der Waals surface area contributed by atoms with Gasteiger partial charge in [-0.2, -0.15) is 14.6 Å². The molecule has 2 aliphatic rings. The number of aromatic nitrogens is 4. The van der Waals surface area contributed by atoms with Crippen molar-refractivity contribution >= 4 is 17.7 Å². The molecule has 0 aliphatic carbocycles. The molecule has 1 aromatic carbocycles. The topological polar surface area (TPSA) is 55.6 Å². The van der Waals surface area contributed by atoms with Crippen molar-refractivity contribution in [3.8, 4) is 5.75 Å². The number of anilines is 1. The molecule has 1 atom stereocenters. The first kappa shape index (κ1) is 14.5. The van der Waals surface area contributed by atoms with Crippen LogP contribution in [0.4, 0.5) is 5.82 Å². The van der Waals surface area contributed by atoms with Crippen LogP contribution in [0.3, 0.4) is 0 Å².